The molecule has 0 fully saturated rings. The number of hydrogen-bond donors (Lipinski definition) is 2. The van der Waals surface area contributed by atoms with E-state index in [0.29, 0.717) is 11.6 Å². The highest BCUT2D eigenvalue weighted by Crippen LogP contribution is 2.29. The lowest BCUT2D eigenvalue weighted by atomic mass is 9.93. The number of aryl methyl sites for hydroxylation is 1. The molecule has 1 amide bonds. The number of fused-ring (bicyclic) bond motifs is 1. The van der Waals surface area contributed by atoms with Crippen molar-refractivity contribution >= 4 is 17.2 Å². The number of rotatable bonds is 4. The van der Waals surface area contributed by atoms with Gasteiger partial charge in [-0.3, -0.25) is 9.48 Å². The van der Waals surface area contributed by atoms with Gasteiger partial charge in [0.2, 0.25) is 5.91 Å². The molecule has 3 N–H and O–H groups in total. The van der Waals surface area contributed by atoms with Gasteiger partial charge in [-0.2, -0.15) is 5.10 Å². The largest absolute Gasteiger partial charge is 0.366 e. The van der Waals surface area contributed by atoms with Crippen LogP contribution in [0.1, 0.15) is 45.4 Å². The van der Waals surface area contributed by atoms with Gasteiger partial charge in [0.25, 0.3) is 0 Å². The monoisotopic (exact) mass is 290 g/mol. The van der Waals surface area contributed by atoms with Gasteiger partial charge in [-0.05, 0) is 25.3 Å². The molecule has 1 atom stereocenters. The van der Waals surface area contributed by atoms with Crippen LogP contribution in [0.4, 0.5) is 0 Å². The first-order valence-electron chi connectivity index (χ1n) is 6.76. The number of nitrogens with two attached hydrogens (primary N) is 1. The fraction of sp³-hybridized carbons (Fsp3) is 0.429. The second-order valence-electron chi connectivity index (χ2n) is 5.16. The first-order valence-corrected chi connectivity index (χ1v) is 7.64. The molecular formula is C14H18N4OS. The zero-order valence-electron chi connectivity index (χ0n) is 11.4. The van der Waals surface area contributed by atoms with Crippen molar-refractivity contribution in [2.75, 3.05) is 0 Å². The molecule has 0 radical (unpaired) electrons. The SMILES string of the molecule is Cn1ncc2c1CCCC2NCc1cc(C(N)=O)cs1. The molecule has 0 spiro atoms. The van der Waals surface area contributed by atoms with Gasteiger partial charge in [0.15, 0.2) is 0 Å². The Labute approximate surface area is 121 Å². The fourth-order valence-corrected chi connectivity index (χ4v) is 3.57. The van der Waals surface area contributed by atoms with Crippen molar-refractivity contribution in [2.45, 2.75) is 31.8 Å². The van der Waals surface area contributed by atoms with Crippen LogP contribution in [0.5, 0.6) is 0 Å². The van der Waals surface area contributed by atoms with E-state index in [9.17, 15) is 4.79 Å². The van der Waals surface area contributed by atoms with Crippen LogP contribution in [0.2, 0.25) is 0 Å². The summed E-state index contributed by atoms with van der Waals surface area (Å²) in [6.45, 7) is 0.761. The van der Waals surface area contributed by atoms with Crippen LogP contribution in [-0.2, 0) is 20.0 Å². The summed E-state index contributed by atoms with van der Waals surface area (Å²) in [7, 11) is 2.00. The molecule has 0 bridgehead atoms. The standard InChI is InChI=1S/C14H18N4OS/c1-18-13-4-2-3-12(11(13)7-17-18)16-6-10-5-9(8-20-10)14(15)19/h5,7-8,12,16H,2-4,6H2,1H3,(H2,15,19). The number of primary amides is 1. The Morgan fingerprint density at radius 3 is 3.25 bits per heavy atom. The molecule has 0 saturated carbocycles. The molecule has 1 aliphatic rings. The number of hydrogen-bond acceptors (Lipinski definition) is 4. The maximum Gasteiger partial charge on any atom is 0.249 e. The van der Waals surface area contributed by atoms with E-state index in [2.05, 4.69) is 10.4 Å². The van der Waals surface area contributed by atoms with Crippen LogP contribution in [0.15, 0.2) is 17.6 Å². The molecular weight excluding hydrogens is 272 g/mol. The van der Waals surface area contributed by atoms with Crippen molar-refractivity contribution < 1.29 is 4.79 Å². The number of thiophene rings is 1. The Hall–Kier alpha value is -1.66. The summed E-state index contributed by atoms with van der Waals surface area (Å²) in [5.74, 6) is -0.361. The predicted molar refractivity (Wildman–Crippen MR) is 78.6 cm³/mol. The highest BCUT2D eigenvalue weighted by atomic mass is 32.1. The zero-order chi connectivity index (χ0) is 14.1. The van der Waals surface area contributed by atoms with E-state index >= 15 is 0 Å². The smallest absolute Gasteiger partial charge is 0.249 e. The van der Waals surface area contributed by atoms with Crippen molar-refractivity contribution in [1.82, 2.24) is 15.1 Å². The Bertz CT molecular complexity index is 631. The Balaban J connectivity index is 1.68. The van der Waals surface area contributed by atoms with Gasteiger partial charge >= 0.3 is 0 Å². The Morgan fingerprint density at radius 2 is 2.50 bits per heavy atom. The molecule has 106 valence electrons. The lowest BCUT2D eigenvalue weighted by Gasteiger charge is -2.23. The van der Waals surface area contributed by atoms with E-state index in [1.165, 1.54) is 17.7 Å². The molecule has 0 aromatic carbocycles. The molecule has 5 nitrogen and oxygen atoms in total. The predicted octanol–water partition coefficient (Wildman–Crippen LogP) is 1.75. The third kappa shape index (κ3) is 2.48. The number of amides is 1. The molecule has 0 aliphatic heterocycles. The molecule has 1 unspecified atom stereocenters. The average Bonchev–Trinajstić information content (AvgIpc) is 3.04. The zero-order valence-corrected chi connectivity index (χ0v) is 12.2. The maximum atomic E-state index is 11.1. The third-order valence-electron chi connectivity index (χ3n) is 3.84. The summed E-state index contributed by atoms with van der Waals surface area (Å²) in [5, 5.41) is 9.73. The summed E-state index contributed by atoms with van der Waals surface area (Å²) in [4.78, 5) is 12.2. The van der Waals surface area contributed by atoms with Crippen LogP contribution in [-0.4, -0.2) is 15.7 Å². The quantitative estimate of drug-likeness (QED) is 0.901. The molecule has 2 aromatic heterocycles. The van der Waals surface area contributed by atoms with Crippen LogP contribution >= 0.6 is 11.3 Å². The lowest BCUT2D eigenvalue weighted by Crippen LogP contribution is -2.24. The minimum atomic E-state index is -0.361. The van der Waals surface area contributed by atoms with E-state index < -0.39 is 0 Å². The first kappa shape index (κ1) is 13.3. The summed E-state index contributed by atoms with van der Waals surface area (Å²) in [5.41, 5.74) is 8.51. The number of nitrogens with zero attached hydrogens (tertiary/aromatic N) is 2. The van der Waals surface area contributed by atoms with Crippen molar-refractivity contribution in [3.05, 3.63) is 39.3 Å². The van der Waals surface area contributed by atoms with Crippen LogP contribution in [0, 0.1) is 0 Å². The average molecular weight is 290 g/mol. The number of carbonyl (C=O) groups excluding carboxylic acids is 1. The molecule has 0 saturated heterocycles. The van der Waals surface area contributed by atoms with Crippen LogP contribution < -0.4 is 11.1 Å². The van der Waals surface area contributed by atoms with E-state index in [0.717, 1.165) is 24.3 Å². The fourth-order valence-electron chi connectivity index (χ4n) is 2.74. The summed E-state index contributed by atoms with van der Waals surface area (Å²) >= 11 is 1.57. The second-order valence-corrected chi connectivity index (χ2v) is 6.16. The Kier molecular flexibility index (Phi) is 3.58. The topological polar surface area (TPSA) is 72.9 Å². The molecule has 1 aliphatic carbocycles. The number of nitrogens with one attached hydrogen (secondary N) is 1. The first-order chi connectivity index (χ1) is 9.65. The number of aromatic nitrogens is 2. The summed E-state index contributed by atoms with van der Waals surface area (Å²) in [6, 6.07) is 2.22. The van der Waals surface area contributed by atoms with Gasteiger partial charge < -0.3 is 11.1 Å². The molecule has 6 heteroatoms. The van der Waals surface area contributed by atoms with Crippen molar-refractivity contribution in [3.8, 4) is 0 Å². The minimum Gasteiger partial charge on any atom is -0.366 e. The van der Waals surface area contributed by atoms with Gasteiger partial charge in [-0.15, -0.1) is 11.3 Å². The Morgan fingerprint density at radius 1 is 1.65 bits per heavy atom. The van der Waals surface area contributed by atoms with E-state index in [4.69, 9.17) is 5.73 Å². The van der Waals surface area contributed by atoms with E-state index in [-0.39, 0.29) is 5.91 Å². The minimum absolute atomic E-state index is 0.353. The highest BCUT2D eigenvalue weighted by Gasteiger charge is 2.22. The van der Waals surface area contributed by atoms with Crippen molar-refractivity contribution in [3.63, 3.8) is 0 Å². The normalized spacial score (nSPS) is 17.9. The van der Waals surface area contributed by atoms with Gasteiger partial charge in [-0.25, -0.2) is 0 Å². The van der Waals surface area contributed by atoms with Gasteiger partial charge in [-0.1, -0.05) is 0 Å². The maximum absolute atomic E-state index is 11.1. The van der Waals surface area contributed by atoms with Crippen molar-refractivity contribution in [1.29, 1.82) is 0 Å². The molecule has 20 heavy (non-hydrogen) atoms. The molecule has 2 aromatic rings. The van der Waals surface area contributed by atoms with Crippen LogP contribution in [0.3, 0.4) is 0 Å². The molecule has 2 heterocycles. The lowest BCUT2D eigenvalue weighted by molar-refractivity contribution is 0.100. The van der Waals surface area contributed by atoms with Crippen molar-refractivity contribution in [2.24, 2.45) is 12.8 Å². The number of carbonyl (C=O) groups is 1. The van der Waals surface area contributed by atoms with E-state index in [1.54, 1.807) is 11.3 Å². The second kappa shape index (κ2) is 5.38. The third-order valence-corrected chi connectivity index (χ3v) is 4.77. The van der Waals surface area contributed by atoms with E-state index in [1.807, 2.05) is 29.4 Å². The van der Waals surface area contributed by atoms with Crippen LogP contribution in [0.25, 0.3) is 0 Å². The van der Waals surface area contributed by atoms with Gasteiger partial charge in [0.1, 0.15) is 0 Å². The molecule has 3 rings (SSSR count). The summed E-state index contributed by atoms with van der Waals surface area (Å²) in [6.07, 6.45) is 5.39. The van der Waals surface area contributed by atoms with Gasteiger partial charge in [0, 0.05) is 41.1 Å². The van der Waals surface area contributed by atoms with Gasteiger partial charge in [0.05, 0.1) is 11.8 Å². The summed E-state index contributed by atoms with van der Waals surface area (Å²) < 4.78 is 1.97. The highest BCUT2D eigenvalue weighted by molar-refractivity contribution is 7.10.